The Labute approximate surface area is 151 Å². The van der Waals surface area contributed by atoms with Crippen molar-refractivity contribution in [3.8, 4) is 11.5 Å². The van der Waals surface area contributed by atoms with Crippen LogP contribution in [0.25, 0.3) is 22.4 Å². The molecule has 0 radical (unpaired) electrons. The van der Waals surface area contributed by atoms with E-state index in [0.29, 0.717) is 10.9 Å². The maximum atomic E-state index is 14.5. The molecule has 27 heavy (non-hydrogen) atoms. The van der Waals surface area contributed by atoms with Gasteiger partial charge in [-0.2, -0.15) is 5.10 Å². The summed E-state index contributed by atoms with van der Waals surface area (Å²) < 4.78 is 29.8. The highest BCUT2D eigenvalue weighted by atomic mass is 19.1. The van der Waals surface area contributed by atoms with E-state index in [4.69, 9.17) is 17.2 Å². The number of hydrogen-bond acceptors (Lipinski definition) is 7. The Hall–Kier alpha value is -3.82. The van der Waals surface area contributed by atoms with E-state index in [-0.39, 0.29) is 40.9 Å². The van der Waals surface area contributed by atoms with Crippen molar-refractivity contribution in [1.82, 2.24) is 24.7 Å². The Morgan fingerprint density at radius 2 is 1.70 bits per heavy atom. The first-order chi connectivity index (χ1) is 13.0. The fourth-order valence-corrected chi connectivity index (χ4v) is 2.78. The van der Waals surface area contributed by atoms with Crippen LogP contribution in [0.1, 0.15) is 5.56 Å². The number of rotatable bonds is 3. The molecule has 3 heterocycles. The second kappa shape index (κ2) is 6.16. The van der Waals surface area contributed by atoms with Gasteiger partial charge < -0.3 is 17.2 Å². The molecule has 4 rings (SSSR count). The monoisotopic (exact) mass is 368 g/mol. The lowest BCUT2D eigenvalue weighted by Gasteiger charge is -2.05. The zero-order valence-corrected chi connectivity index (χ0v) is 13.9. The van der Waals surface area contributed by atoms with Crippen LogP contribution in [0.5, 0.6) is 0 Å². The Bertz CT molecular complexity index is 1150. The Morgan fingerprint density at radius 3 is 2.41 bits per heavy atom. The molecule has 0 unspecified atom stereocenters. The summed E-state index contributed by atoms with van der Waals surface area (Å²) in [5.74, 6) is -0.939. The van der Waals surface area contributed by atoms with Gasteiger partial charge in [0.2, 0.25) is 0 Å². The third kappa shape index (κ3) is 2.76. The Balaban J connectivity index is 1.93. The summed E-state index contributed by atoms with van der Waals surface area (Å²) in [4.78, 5) is 11.9. The lowest BCUT2D eigenvalue weighted by atomic mass is 10.2. The third-order valence-electron chi connectivity index (χ3n) is 4.11. The molecule has 0 saturated carbocycles. The molecule has 0 aliphatic carbocycles. The van der Waals surface area contributed by atoms with Gasteiger partial charge in [-0.15, -0.1) is 0 Å². The maximum Gasteiger partial charge on any atom is 0.184 e. The number of para-hydroxylation sites is 1. The number of fused-ring (bicyclic) bond motifs is 1. The predicted octanol–water partition coefficient (Wildman–Crippen LogP) is 1.96. The van der Waals surface area contributed by atoms with Crippen molar-refractivity contribution in [3.63, 3.8) is 0 Å². The molecule has 4 aromatic rings. The standard InChI is InChI=1S/C17H14F2N8/c18-10-3-1-2-9-13(17-24-15(21)12(20)16(22)25-17)26-27(14(9)10)7-8-4-5-23-6-11(8)19/h1-6H,7,20H2,(H4,21,22,24,25). The highest BCUT2D eigenvalue weighted by molar-refractivity contribution is 5.93. The topological polar surface area (TPSA) is 135 Å². The van der Waals surface area contributed by atoms with Gasteiger partial charge in [0, 0.05) is 17.1 Å². The van der Waals surface area contributed by atoms with E-state index in [1.54, 1.807) is 6.07 Å². The molecule has 1 aromatic carbocycles. The van der Waals surface area contributed by atoms with Gasteiger partial charge in [-0.25, -0.2) is 18.7 Å². The molecule has 10 heteroatoms. The van der Waals surface area contributed by atoms with Crippen LogP contribution in [0.3, 0.4) is 0 Å². The molecule has 0 spiro atoms. The van der Waals surface area contributed by atoms with Crippen LogP contribution in [0.4, 0.5) is 26.1 Å². The van der Waals surface area contributed by atoms with E-state index < -0.39 is 11.6 Å². The number of pyridine rings is 1. The summed E-state index contributed by atoms with van der Waals surface area (Å²) in [5, 5.41) is 4.82. The summed E-state index contributed by atoms with van der Waals surface area (Å²) in [5.41, 5.74) is 18.0. The van der Waals surface area contributed by atoms with E-state index in [0.717, 1.165) is 6.20 Å². The Morgan fingerprint density at radius 1 is 0.963 bits per heavy atom. The number of benzene rings is 1. The van der Waals surface area contributed by atoms with Gasteiger partial charge in [0.05, 0.1) is 12.7 Å². The molecule has 0 amide bonds. The first-order valence-corrected chi connectivity index (χ1v) is 7.88. The third-order valence-corrected chi connectivity index (χ3v) is 4.11. The highest BCUT2D eigenvalue weighted by Gasteiger charge is 2.20. The second-order valence-electron chi connectivity index (χ2n) is 5.84. The van der Waals surface area contributed by atoms with Gasteiger partial charge >= 0.3 is 0 Å². The van der Waals surface area contributed by atoms with E-state index in [1.165, 1.54) is 29.1 Å². The molecular weight excluding hydrogens is 354 g/mol. The zero-order chi connectivity index (χ0) is 19.1. The molecule has 6 N–H and O–H groups in total. The summed E-state index contributed by atoms with van der Waals surface area (Å²) >= 11 is 0. The number of halogens is 2. The molecule has 8 nitrogen and oxygen atoms in total. The van der Waals surface area contributed by atoms with Gasteiger partial charge in [0.1, 0.15) is 28.5 Å². The second-order valence-corrected chi connectivity index (χ2v) is 5.84. The summed E-state index contributed by atoms with van der Waals surface area (Å²) in [6.45, 7) is -0.00821. The number of aromatic nitrogens is 5. The number of anilines is 3. The van der Waals surface area contributed by atoms with Crippen molar-refractivity contribution in [2.45, 2.75) is 6.54 Å². The fourth-order valence-electron chi connectivity index (χ4n) is 2.78. The molecule has 0 fully saturated rings. The molecule has 0 atom stereocenters. The molecule has 0 aliphatic rings. The first-order valence-electron chi connectivity index (χ1n) is 7.88. The smallest absolute Gasteiger partial charge is 0.184 e. The summed E-state index contributed by atoms with van der Waals surface area (Å²) in [6, 6.07) is 5.98. The van der Waals surface area contributed by atoms with Crippen LogP contribution >= 0.6 is 0 Å². The minimum Gasteiger partial charge on any atom is -0.393 e. The zero-order valence-electron chi connectivity index (χ0n) is 13.9. The predicted molar refractivity (Wildman–Crippen MR) is 97.3 cm³/mol. The number of hydrogen-bond donors (Lipinski definition) is 3. The van der Waals surface area contributed by atoms with Crippen LogP contribution in [0.2, 0.25) is 0 Å². The van der Waals surface area contributed by atoms with E-state index in [9.17, 15) is 8.78 Å². The van der Waals surface area contributed by atoms with E-state index in [2.05, 4.69) is 20.1 Å². The van der Waals surface area contributed by atoms with Gasteiger partial charge in [-0.05, 0) is 12.1 Å². The normalized spacial score (nSPS) is 11.2. The SMILES string of the molecule is Nc1nc(-c2nn(Cc3ccncc3F)c3c(F)cccc23)nc(N)c1N. The van der Waals surface area contributed by atoms with Crippen molar-refractivity contribution in [3.05, 3.63) is 53.9 Å². The lowest BCUT2D eigenvalue weighted by Crippen LogP contribution is -2.07. The van der Waals surface area contributed by atoms with Crippen LogP contribution in [-0.4, -0.2) is 24.7 Å². The highest BCUT2D eigenvalue weighted by Crippen LogP contribution is 2.30. The largest absolute Gasteiger partial charge is 0.393 e. The van der Waals surface area contributed by atoms with Gasteiger partial charge in [0.25, 0.3) is 0 Å². The first kappa shape index (κ1) is 16.6. The van der Waals surface area contributed by atoms with Gasteiger partial charge in [-0.1, -0.05) is 12.1 Å². The van der Waals surface area contributed by atoms with Gasteiger partial charge in [-0.3, -0.25) is 9.67 Å². The van der Waals surface area contributed by atoms with Crippen LogP contribution in [0, 0.1) is 11.6 Å². The summed E-state index contributed by atoms with van der Waals surface area (Å²) in [6.07, 6.45) is 2.54. The van der Waals surface area contributed by atoms with Crippen molar-refractivity contribution >= 4 is 28.2 Å². The lowest BCUT2D eigenvalue weighted by molar-refractivity contribution is 0.577. The van der Waals surface area contributed by atoms with Crippen molar-refractivity contribution in [2.24, 2.45) is 0 Å². The van der Waals surface area contributed by atoms with Crippen LogP contribution < -0.4 is 17.2 Å². The minimum atomic E-state index is -0.517. The molecule has 0 saturated heterocycles. The van der Waals surface area contributed by atoms with Crippen LogP contribution in [-0.2, 0) is 6.54 Å². The number of nitrogens with zero attached hydrogens (tertiary/aromatic N) is 5. The van der Waals surface area contributed by atoms with Gasteiger partial charge in [0.15, 0.2) is 17.5 Å². The minimum absolute atomic E-state index is 0.00298. The fraction of sp³-hybridized carbons (Fsp3) is 0.0588. The molecule has 0 aliphatic heterocycles. The van der Waals surface area contributed by atoms with E-state index in [1.807, 2.05) is 0 Å². The van der Waals surface area contributed by atoms with Crippen molar-refractivity contribution in [2.75, 3.05) is 17.2 Å². The number of nitrogens with two attached hydrogens (primary N) is 3. The van der Waals surface area contributed by atoms with E-state index >= 15 is 0 Å². The molecule has 136 valence electrons. The average Bonchev–Trinajstić information content (AvgIpc) is 3.01. The molecule has 3 aromatic heterocycles. The quantitative estimate of drug-likeness (QED) is 0.503. The van der Waals surface area contributed by atoms with Crippen molar-refractivity contribution < 1.29 is 8.78 Å². The molecule has 0 bridgehead atoms. The van der Waals surface area contributed by atoms with Crippen molar-refractivity contribution in [1.29, 1.82) is 0 Å². The Kier molecular flexibility index (Phi) is 3.80. The van der Waals surface area contributed by atoms with Crippen LogP contribution in [0.15, 0.2) is 36.7 Å². The average molecular weight is 368 g/mol. The summed E-state index contributed by atoms with van der Waals surface area (Å²) in [7, 11) is 0. The maximum absolute atomic E-state index is 14.5. The molecular formula is C17H14F2N8. The number of nitrogen functional groups attached to an aromatic ring is 3.